The summed E-state index contributed by atoms with van der Waals surface area (Å²) in [7, 11) is -2.40. The number of nitrogens with two attached hydrogens (primary N) is 1. The molecule has 18 heteroatoms. The molecule has 1 fully saturated rings. The molecular formula is C53H62BBrCl2F2N2O9S. The first-order chi connectivity index (χ1) is 33.9. The number of ether oxygens (including phenoxy) is 3. The van der Waals surface area contributed by atoms with E-state index < -0.39 is 28.9 Å². The molecule has 6 rings (SSSR count). The van der Waals surface area contributed by atoms with Crippen LogP contribution in [0.2, 0.25) is 23.2 Å². The maximum atomic E-state index is 14.3. The van der Waals surface area contributed by atoms with E-state index in [1.54, 1.807) is 57.3 Å². The molecule has 0 unspecified atom stereocenters. The van der Waals surface area contributed by atoms with Crippen molar-refractivity contribution in [2.45, 2.75) is 76.1 Å². The lowest BCUT2D eigenvalue weighted by molar-refractivity contribution is -0.151. The van der Waals surface area contributed by atoms with Gasteiger partial charge in [-0.2, -0.15) is 8.42 Å². The van der Waals surface area contributed by atoms with Crippen molar-refractivity contribution in [2.24, 2.45) is 23.5 Å². The van der Waals surface area contributed by atoms with Gasteiger partial charge in [-0.05, 0) is 141 Å². The second-order valence-electron chi connectivity index (χ2n) is 17.7. The highest BCUT2D eigenvalue weighted by atomic mass is 79.9. The van der Waals surface area contributed by atoms with Gasteiger partial charge in [0.25, 0.3) is 17.0 Å². The van der Waals surface area contributed by atoms with Crippen molar-refractivity contribution in [1.29, 1.82) is 0 Å². The summed E-state index contributed by atoms with van der Waals surface area (Å²) in [6, 6.07) is 30.0. The van der Waals surface area contributed by atoms with Gasteiger partial charge in [0.2, 0.25) is 0 Å². The molecule has 0 amide bonds. The molecule has 0 spiro atoms. The van der Waals surface area contributed by atoms with E-state index in [0.29, 0.717) is 78.1 Å². The van der Waals surface area contributed by atoms with Crippen molar-refractivity contribution in [2.75, 3.05) is 46.6 Å². The number of halogens is 5. The van der Waals surface area contributed by atoms with Crippen LogP contribution in [0.25, 0.3) is 22.3 Å². The molecule has 382 valence electrons. The van der Waals surface area contributed by atoms with E-state index in [0.717, 1.165) is 34.1 Å². The number of methoxy groups -OCH3 is 1. The summed E-state index contributed by atoms with van der Waals surface area (Å²) >= 11 is 15.3. The SMILES string of the molecule is CCOC(=O)[C@@H](C[C@H](N)Cc1ccc(-c2cc(Cl)ccc2F)cc1)CN1CC[C@@H]1COC.CCOC(=O)[C@H](COS(=O)(=O)c1ccc(Br)cc1)C[C@H](CB(C)O)Cc1ccc(-c2cc(Cl)ccc2F)cc1. The number of benzene rings is 5. The highest BCUT2D eigenvalue weighted by Crippen LogP contribution is 2.31. The van der Waals surface area contributed by atoms with Crippen LogP contribution in [0.3, 0.4) is 0 Å². The monoisotopic (exact) mass is 1100 g/mol. The number of hydrogen-bond acceptors (Lipinski definition) is 11. The van der Waals surface area contributed by atoms with Gasteiger partial charge in [0, 0.05) is 57.9 Å². The number of nitrogens with zero attached hydrogens (tertiary/aromatic N) is 1. The Morgan fingerprint density at radius 2 is 1.32 bits per heavy atom. The molecule has 5 aromatic rings. The van der Waals surface area contributed by atoms with Gasteiger partial charge in [-0.15, -0.1) is 0 Å². The van der Waals surface area contributed by atoms with Crippen LogP contribution in [0.15, 0.2) is 119 Å². The summed E-state index contributed by atoms with van der Waals surface area (Å²) < 4.78 is 75.6. The van der Waals surface area contributed by atoms with Crippen LogP contribution >= 0.6 is 39.1 Å². The van der Waals surface area contributed by atoms with E-state index in [1.165, 1.54) is 36.4 Å². The van der Waals surface area contributed by atoms with E-state index in [4.69, 9.17) is 47.3 Å². The van der Waals surface area contributed by atoms with E-state index in [2.05, 4.69) is 20.8 Å². The average molecular weight is 1100 g/mol. The van der Waals surface area contributed by atoms with Crippen molar-refractivity contribution in [3.8, 4) is 22.3 Å². The molecule has 0 bridgehead atoms. The van der Waals surface area contributed by atoms with Gasteiger partial charge < -0.3 is 25.0 Å². The fourth-order valence-electron chi connectivity index (χ4n) is 8.55. The third-order valence-corrected chi connectivity index (χ3v) is 14.4. The molecule has 0 radical (unpaired) electrons. The quantitative estimate of drug-likeness (QED) is 0.0345. The van der Waals surface area contributed by atoms with Crippen LogP contribution in [-0.2, 0) is 50.9 Å². The summed E-state index contributed by atoms with van der Waals surface area (Å²) in [4.78, 5) is 27.6. The third-order valence-electron chi connectivity index (χ3n) is 12.1. The predicted octanol–water partition coefficient (Wildman–Crippen LogP) is 11.0. The highest BCUT2D eigenvalue weighted by molar-refractivity contribution is 9.10. The minimum absolute atomic E-state index is 0.0231. The Morgan fingerprint density at radius 3 is 1.80 bits per heavy atom. The molecule has 5 aromatic carbocycles. The number of carbonyl (C=O) groups is 2. The van der Waals surface area contributed by atoms with Crippen molar-refractivity contribution in [3.05, 3.63) is 146 Å². The Hall–Kier alpha value is -4.23. The Labute approximate surface area is 435 Å². The molecule has 3 N–H and O–H groups in total. The summed E-state index contributed by atoms with van der Waals surface area (Å²) in [5.41, 5.74) is 10.7. The third kappa shape index (κ3) is 18.0. The number of likely N-dealkylation sites (tertiary alicyclic amines) is 1. The Kier molecular flexibility index (Phi) is 23.0. The van der Waals surface area contributed by atoms with Crippen molar-refractivity contribution >= 4 is 68.1 Å². The van der Waals surface area contributed by atoms with Gasteiger partial charge in [0.05, 0.1) is 43.2 Å². The molecule has 1 aliphatic heterocycles. The van der Waals surface area contributed by atoms with Crippen LogP contribution in [0.4, 0.5) is 8.78 Å². The van der Waals surface area contributed by atoms with E-state index in [-0.39, 0.29) is 60.0 Å². The van der Waals surface area contributed by atoms with Crippen molar-refractivity contribution < 1.29 is 50.2 Å². The highest BCUT2D eigenvalue weighted by Gasteiger charge is 2.34. The van der Waals surface area contributed by atoms with Gasteiger partial charge >= 0.3 is 11.9 Å². The summed E-state index contributed by atoms with van der Waals surface area (Å²) in [5, 5.41) is 11.1. The first-order valence-corrected chi connectivity index (χ1v) is 26.6. The Balaban J connectivity index is 0.000000269. The molecule has 11 nitrogen and oxygen atoms in total. The molecule has 1 saturated heterocycles. The van der Waals surface area contributed by atoms with Gasteiger partial charge in [-0.25, -0.2) is 8.78 Å². The molecule has 1 aliphatic rings. The average Bonchev–Trinajstić information content (AvgIpc) is 3.32. The maximum absolute atomic E-state index is 14.3. The molecule has 5 atom stereocenters. The topological polar surface area (TPSA) is 155 Å². The summed E-state index contributed by atoms with van der Waals surface area (Å²) in [6.45, 7) is 6.86. The van der Waals surface area contributed by atoms with E-state index in [1.807, 2.05) is 43.3 Å². The molecule has 0 saturated carbocycles. The molecular weight excluding hydrogens is 1040 g/mol. The first-order valence-electron chi connectivity index (χ1n) is 23.6. The smallest absolute Gasteiger partial charge is 0.311 e. The van der Waals surface area contributed by atoms with Crippen LogP contribution in [0, 0.1) is 29.4 Å². The van der Waals surface area contributed by atoms with E-state index >= 15 is 0 Å². The molecule has 0 aliphatic carbocycles. The second kappa shape index (κ2) is 28.3. The molecule has 71 heavy (non-hydrogen) atoms. The van der Waals surface area contributed by atoms with Crippen molar-refractivity contribution in [1.82, 2.24) is 4.90 Å². The minimum atomic E-state index is -4.09. The number of hydrogen-bond donors (Lipinski definition) is 2. The van der Waals surface area contributed by atoms with Crippen LogP contribution < -0.4 is 5.73 Å². The minimum Gasteiger partial charge on any atom is -0.466 e. The molecule has 1 heterocycles. The van der Waals surface area contributed by atoms with Gasteiger partial charge in [0.1, 0.15) is 11.6 Å². The van der Waals surface area contributed by atoms with Gasteiger partial charge in [0.15, 0.2) is 0 Å². The normalized spacial score (nSPS) is 15.3. The Bertz CT molecular complexity index is 2600. The lowest BCUT2D eigenvalue weighted by Crippen LogP contribution is -2.53. The summed E-state index contributed by atoms with van der Waals surface area (Å²) in [6.07, 6.45) is 3.35. The predicted molar refractivity (Wildman–Crippen MR) is 280 cm³/mol. The van der Waals surface area contributed by atoms with Crippen LogP contribution in [-0.4, -0.2) is 95.9 Å². The maximum Gasteiger partial charge on any atom is 0.311 e. The number of esters is 2. The van der Waals surface area contributed by atoms with Crippen LogP contribution in [0.1, 0.15) is 44.2 Å². The first kappa shape index (κ1) is 57.7. The zero-order chi connectivity index (χ0) is 51.7. The van der Waals surface area contributed by atoms with Gasteiger partial charge in [-0.1, -0.05) is 94.5 Å². The largest absolute Gasteiger partial charge is 0.466 e. The van der Waals surface area contributed by atoms with Gasteiger partial charge in [-0.3, -0.25) is 18.7 Å². The lowest BCUT2D eigenvalue weighted by atomic mass is 9.62. The number of carbonyl (C=O) groups excluding carboxylic acids is 2. The standard InChI is InChI=1S/C28H30BBrClFO6S.C25H32ClFN2O3/c1-3-37-28(33)22(18-38-39(35,36)25-11-8-23(30)9-12-25)15-20(17-29(2)34)14-19-4-6-21(7-5-19)26-16-24(31)10-13-27(26)32;1-3-32-25(30)19(15-29-11-10-22(29)16-31-2)13-21(28)12-17-4-6-18(7-5-17)23-14-20(26)8-9-24(23)27/h4-13,16,20,22,34H,3,14-15,17-18H2,1-2H3;4-9,14,19,21-22H,3,10-13,15-16,28H2,1-2H3/t20-,22+;19-,21+,22+/m10/s1. The lowest BCUT2D eigenvalue weighted by Gasteiger charge is -2.42. The fourth-order valence-corrected chi connectivity index (χ4v) is 10.1. The zero-order valence-corrected chi connectivity index (χ0v) is 44.3. The molecule has 0 aromatic heterocycles. The number of rotatable bonds is 24. The second-order valence-corrected chi connectivity index (χ2v) is 21.1. The fraction of sp³-hybridized carbons (Fsp3) is 0.396. The van der Waals surface area contributed by atoms with E-state index in [9.17, 15) is 31.8 Å². The summed E-state index contributed by atoms with van der Waals surface area (Å²) in [5.74, 6) is -2.78. The van der Waals surface area contributed by atoms with Crippen LogP contribution in [0.5, 0.6) is 0 Å². The van der Waals surface area contributed by atoms with Crippen molar-refractivity contribution in [3.63, 3.8) is 0 Å². The Morgan fingerprint density at radius 1 is 0.803 bits per heavy atom. The zero-order valence-electron chi connectivity index (χ0n) is 40.4.